The number of hydrogen-bond acceptors (Lipinski definition) is 6. The smallest absolute Gasteiger partial charge is 0.744 e. The molecule has 0 aliphatic heterocycles. The summed E-state index contributed by atoms with van der Waals surface area (Å²) in [6.07, 6.45) is 62.7. The van der Waals surface area contributed by atoms with E-state index in [1.165, 1.54) is 304 Å². The summed E-state index contributed by atoms with van der Waals surface area (Å²) in [6, 6.07) is 18.8. The molecule has 0 spiro atoms. The molecule has 0 radical (unpaired) electrons. The number of hydrogen-bond donors (Lipinski definition) is 0. The second-order valence-corrected chi connectivity index (χ2v) is 27.1. The molecule has 0 heterocycles. The molecule has 4 aromatic carbocycles. The van der Waals surface area contributed by atoms with E-state index in [0.717, 1.165) is 60.1 Å². The third-order valence-electron chi connectivity index (χ3n) is 17.0. The minimum atomic E-state index is -4.45. The molecule has 6 nitrogen and oxygen atoms in total. The number of unbranched alkanes of at least 4 members (excludes halogenated alkanes) is 40. The Labute approximate surface area is 529 Å². The standard InChI is InChI=1S/2C36H60O3S.Ca/c2*1-3-5-7-9-11-13-15-17-19-21-23-25-32-29-33(26-24-22-20-18-16-14-12-10-8-6-4-2)36-28-27-35(40(37,38)39)31-34(36)30-32;/h2*27-31H,3-26H2,1-2H3,(H,37,38,39);/q;;+2/p-2. The zero-order chi connectivity index (χ0) is 57.8. The molecule has 4 rings (SSSR count). The normalized spacial score (nSPS) is 11.8. The average molecular weight is 1180 g/mol. The first-order chi connectivity index (χ1) is 38.9. The monoisotopic (exact) mass is 1180 g/mol. The van der Waals surface area contributed by atoms with Gasteiger partial charge in [0.15, 0.2) is 0 Å². The van der Waals surface area contributed by atoms with Gasteiger partial charge in [-0.05, 0) is 119 Å². The van der Waals surface area contributed by atoms with E-state index in [0.29, 0.717) is 0 Å². The second-order valence-electron chi connectivity index (χ2n) is 24.3. The van der Waals surface area contributed by atoms with Crippen LogP contribution in [0.15, 0.2) is 70.5 Å². The zero-order valence-electron chi connectivity index (χ0n) is 52.7. The number of benzene rings is 4. The first kappa shape index (κ1) is 75.6. The van der Waals surface area contributed by atoms with Crippen molar-refractivity contribution < 1.29 is 25.9 Å². The van der Waals surface area contributed by atoms with Gasteiger partial charge in [-0.15, -0.1) is 0 Å². The van der Waals surface area contributed by atoms with E-state index < -0.39 is 20.2 Å². The molecule has 0 saturated carbocycles. The van der Waals surface area contributed by atoms with Gasteiger partial charge >= 0.3 is 37.7 Å². The third kappa shape index (κ3) is 36.3. The van der Waals surface area contributed by atoms with Crippen LogP contribution in [0.25, 0.3) is 21.5 Å². The number of rotatable bonds is 50. The van der Waals surface area contributed by atoms with E-state index in [1.54, 1.807) is 12.1 Å². The zero-order valence-corrected chi connectivity index (χ0v) is 56.5. The van der Waals surface area contributed by atoms with Crippen molar-refractivity contribution in [2.45, 2.75) is 346 Å². The molecule has 0 saturated heterocycles. The van der Waals surface area contributed by atoms with Gasteiger partial charge in [0.25, 0.3) is 0 Å². The SMILES string of the molecule is CCCCCCCCCCCCCc1cc(CCCCCCCCCCCCC)c2ccc(S(=O)(=O)[O-])cc2c1.CCCCCCCCCCCCCc1cc(CCCCCCCCCCCCC)c2ccc(S(=O)(=O)[O-])cc2c1.[Ca+2]. The van der Waals surface area contributed by atoms with Gasteiger partial charge in [0.05, 0.1) is 9.79 Å². The van der Waals surface area contributed by atoms with Crippen LogP contribution in [0.1, 0.15) is 332 Å². The van der Waals surface area contributed by atoms with Crippen molar-refractivity contribution in [3.63, 3.8) is 0 Å². The van der Waals surface area contributed by atoms with Crippen molar-refractivity contribution in [2.24, 2.45) is 0 Å². The Bertz CT molecular complexity index is 2230. The molecule has 0 fully saturated rings. The Morgan fingerprint density at radius 1 is 0.272 bits per heavy atom. The Morgan fingerprint density at radius 3 is 0.704 bits per heavy atom. The topological polar surface area (TPSA) is 114 Å². The molecule has 0 N–H and O–H groups in total. The largest absolute Gasteiger partial charge is 2.00 e. The van der Waals surface area contributed by atoms with Crippen LogP contribution in [0, 0.1) is 0 Å². The summed E-state index contributed by atoms with van der Waals surface area (Å²) in [5, 5.41) is 4.00. The van der Waals surface area contributed by atoms with Crippen LogP contribution in [0.5, 0.6) is 0 Å². The van der Waals surface area contributed by atoms with Gasteiger partial charge in [-0.3, -0.25) is 0 Å². The van der Waals surface area contributed by atoms with Gasteiger partial charge in [0, 0.05) is 0 Å². The van der Waals surface area contributed by atoms with Crippen LogP contribution >= 0.6 is 0 Å². The summed E-state index contributed by atoms with van der Waals surface area (Å²) in [5.41, 5.74) is 5.17. The maximum atomic E-state index is 11.7. The summed E-state index contributed by atoms with van der Waals surface area (Å²) < 4.78 is 70.0. The van der Waals surface area contributed by atoms with Crippen molar-refractivity contribution in [1.29, 1.82) is 0 Å². The van der Waals surface area contributed by atoms with Crippen LogP contribution in [-0.2, 0) is 45.9 Å². The molecule has 0 amide bonds. The second kappa shape index (κ2) is 48.6. The van der Waals surface area contributed by atoms with Gasteiger partial charge in [0.2, 0.25) is 0 Å². The molecule has 0 aliphatic rings. The molecule has 4 aromatic rings. The maximum absolute atomic E-state index is 11.7. The van der Waals surface area contributed by atoms with E-state index >= 15 is 0 Å². The fraction of sp³-hybridized carbons (Fsp3) is 0.722. The molecular weight excluding hydrogens is 1060 g/mol. The molecule has 0 unspecified atom stereocenters. The Balaban J connectivity index is 0.000000547. The quantitative estimate of drug-likeness (QED) is 0.0247. The van der Waals surface area contributed by atoms with Gasteiger partial charge in [-0.25, -0.2) is 16.8 Å². The molecule has 0 bridgehead atoms. The van der Waals surface area contributed by atoms with E-state index in [-0.39, 0.29) is 47.5 Å². The Hall–Kier alpha value is -1.52. The Morgan fingerprint density at radius 2 is 0.481 bits per heavy atom. The molecule has 0 aliphatic carbocycles. The van der Waals surface area contributed by atoms with Crippen LogP contribution < -0.4 is 0 Å². The van der Waals surface area contributed by atoms with E-state index in [1.807, 2.05) is 12.1 Å². The number of fused-ring (bicyclic) bond motifs is 2. The molecular formula is C72H118CaO6S2. The summed E-state index contributed by atoms with van der Waals surface area (Å²) in [6.45, 7) is 9.08. The minimum absolute atomic E-state index is 0. The molecule has 9 heteroatoms. The average Bonchev–Trinajstić information content (AvgIpc) is 3.45. The van der Waals surface area contributed by atoms with Crippen LogP contribution in [-0.4, -0.2) is 63.7 Å². The fourth-order valence-corrected chi connectivity index (χ4v) is 13.0. The Kier molecular flexibility index (Phi) is 45.3. The predicted octanol–water partition coefficient (Wildman–Crippen LogP) is 22.5. The predicted molar refractivity (Wildman–Crippen MR) is 350 cm³/mol. The van der Waals surface area contributed by atoms with Gasteiger partial charge in [-0.1, -0.05) is 321 Å². The van der Waals surface area contributed by atoms with Crippen LogP contribution in [0.2, 0.25) is 0 Å². The van der Waals surface area contributed by atoms with Gasteiger partial charge < -0.3 is 9.11 Å². The summed E-state index contributed by atoms with van der Waals surface area (Å²) in [4.78, 5) is -0.236. The van der Waals surface area contributed by atoms with Gasteiger partial charge in [-0.2, -0.15) is 0 Å². The molecule has 0 aromatic heterocycles. The molecule has 81 heavy (non-hydrogen) atoms. The summed E-state index contributed by atoms with van der Waals surface area (Å²) in [7, 11) is -8.90. The first-order valence-corrected chi connectivity index (χ1v) is 36.8. The maximum Gasteiger partial charge on any atom is 2.00 e. The van der Waals surface area contributed by atoms with Crippen LogP contribution in [0.4, 0.5) is 0 Å². The van der Waals surface area contributed by atoms with Crippen molar-refractivity contribution in [2.75, 3.05) is 0 Å². The van der Waals surface area contributed by atoms with Crippen molar-refractivity contribution >= 4 is 79.5 Å². The van der Waals surface area contributed by atoms with Crippen molar-refractivity contribution in [1.82, 2.24) is 0 Å². The fourth-order valence-electron chi connectivity index (χ4n) is 12.0. The van der Waals surface area contributed by atoms with Crippen molar-refractivity contribution in [3.8, 4) is 0 Å². The van der Waals surface area contributed by atoms with Crippen molar-refractivity contribution in [3.05, 3.63) is 82.9 Å². The molecule has 0 atom stereocenters. The van der Waals surface area contributed by atoms with Crippen LogP contribution in [0.3, 0.4) is 0 Å². The first-order valence-electron chi connectivity index (χ1n) is 33.9. The number of aryl methyl sites for hydroxylation is 4. The van der Waals surface area contributed by atoms with E-state index in [4.69, 9.17) is 0 Å². The summed E-state index contributed by atoms with van der Waals surface area (Å²) >= 11 is 0. The van der Waals surface area contributed by atoms with E-state index in [9.17, 15) is 25.9 Å². The summed E-state index contributed by atoms with van der Waals surface area (Å²) in [5.74, 6) is 0. The molecule has 456 valence electrons. The third-order valence-corrected chi connectivity index (χ3v) is 18.6. The van der Waals surface area contributed by atoms with E-state index in [2.05, 4.69) is 52.0 Å². The minimum Gasteiger partial charge on any atom is -0.744 e. The van der Waals surface area contributed by atoms with Gasteiger partial charge in [0.1, 0.15) is 20.2 Å².